The molecule has 0 aliphatic heterocycles. The van der Waals surface area contributed by atoms with Gasteiger partial charge >= 0.3 is 0 Å². The Kier molecular flexibility index (Phi) is 5.38. The number of carbonyl (C=O) groups is 1. The third kappa shape index (κ3) is 4.07. The van der Waals surface area contributed by atoms with Gasteiger partial charge in [-0.1, -0.05) is 23.7 Å². The van der Waals surface area contributed by atoms with Crippen molar-refractivity contribution in [3.63, 3.8) is 0 Å². The van der Waals surface area contributed by atoms with Crippen LogP contribution in [0.5, 0.6) is 0 Å². The molecular formula is C18H18ClN5O3. The lowest BCUT2D eigenvalue weighted by Crippen LogP contribution is -2.39. The first kappa shape index (κ1) is 18.8. The van der Waals surface area contributed by atoms with Gasteiger partial charge in [-0.3, -0.25) is 14.3 Å². The molecule has 0 aliphatic carbocycles. The summed E-state index contributed by atoms with van der Waals surface area (Å²) in [5.74, 6) is -0.586. The number of hydrogen-bond donors (Lipinski definition) is 2. The maximum atomic E-state index is 12.8. The van der Waals surface area contributed by atoms with E-state index in [1.807, 2.05) is 0 Å². The molecule has 3 rings (SSSR count). The minimum absolute atomic E-state index is 0.0842. The molecule has 1 amide bonds. The van der Waals surface area contributed by atoms with Crippen LogP contribution in [-0.2, 0) is 7.05 Å². The van der Waals surface area contributed by atoms with E-state index in [9.17, 15) is 9.59 Å². The summed E-state index contributed by atoms with van der Waals surface area (Å²) in [6, 6.07) is 7.84. The number of carbonyl (C=O) groups excluding carboxylic acids is 1. The van der Waals surface area contributed by atoms with Crippen molar-refractivity contribution in [1.29, 1.82) is 0 Å². The molecule has 0 bridgehead atoms. The molecule has 0 radical (unpaired) electrons. The number of aliphatic hydroxyl groups is 1. The molecule has 0 aliphatic rings. The van der Waals surface area contributed by atoms with Crippen molar-refractivity contribution in [2.75, 3.05) is 6.61 Å². The Morgan fingerprint density at radius 2 is 2.04 bits per heavy atom. The molecule has 2 N–H and O–H groups in total. The van der Waals surface area contributed by atoms with Crippen LogP contribution in [0.1, 0.15) is 17.3 Å². The monoisotopic (exact) mass is 387 g/mol. The molecule has 9 heteroatoms. The zero-order valence-corrected chi connectivity index (χ0v) is 15.5. The number of hydrogen-bond acceptors (Lipinski definition) is 5. The Morgan fingerprint density at radius 1 is 1.33 bits per heavy atom. The average molecular weight is 388 g/mol. The predicted octanol–water partition coefficient (Wildman–Crippen LogP) is 1.40. The molecule has 140 valence electrons. The van der Waals surface area contributed by atoms with Gasteiger partial charge in [-0.25, -0.2) is 0 Å². The van der Waals surface area contributed by atoms with Crippen molar-refractivity contribution in [1.82, 2.24) is 24.9 Å². The minimum atomic E-state index is -0.586. The van der Waals surface area contributed by atoms with Gasteiger partial charge in [0.2, 0.25) is 0 Å². The number of nitrogens with zero attached hydrogens (tertiary/aromatic N) is 4. The fourth-order valence-electron chi connectivity index (χ4n) is 2.46. The molecule has 1 aromatic carbocycles. The lowest BCUT2D eigenvalue weighted by molar-refractivity contribution is 0.0920. The smallest absolute Gasteiger partial charge is 0.284 e. The summed E-state index contributed by atoms with van der Waals surface area (Å²) < 4.78 is 2.67. The van der Waals surface area contributed by atoms with Crippen molar-refractivity contribution in [3.05, 3.63) is 63.7 Å². The number of amides is 1. The zero-order valence-electron chi connectivity index (χ0n) is 14.8. The fourth-order valence-corrected chi connectivity index (χ4v) is 2.58. The molecule has 0 saturated carbocycles. The highest BCUT2D eigenvalue weighted by atomic mass is 35.5. The third-order valence-corrected chi connectivity index (χ3v) is 4.14. The first-order valence-corrected chi connectivity index (χ1v) is 8.58. The SMILES string of the molecule is C[C@H](CO)NC(=O)c1cc(-c2ccc(Cl)cc2)nn(-c2cnn(C)c2)c1=O. The van der Waals surface area contributed by atoms with Crippen LogP contribution in [0.2, 0.25) is 5.02 Å². The molecule has 3 aromatic rings. The molecule has 8 nitrogen and oxygen atoms in total. The molecule has 27 heavy (non-hydrogen) atoms. The number of aryl methyl sites for hydroxylation is 1. The molecule has 0 spiro atoms. The first-order chi connectivity index (χ1) is 12.9. The van der Waals surface area contributed by atoms with Gasteiger partial charge in [-0.2, -0.15) is 14.9 Å². The van der Waals surface area contributed by atoms with Gasteiger partial charge in [0.15, 0.2) is 0 Å². The second kappa shape index (κ2) is 7.73. The van der Waals surface area contributed by atoms with Crippen molar-refractivity contribution in [2.45, 2.75) is 13.0 Å². The van der Waals surface area contributed by atoms with E-state index in [1.54, 1.807) is 44.4 Å². The number of nitrogens with one attached hydrogen (secondary N) is 1. The first-order valence-electron chi connectivity index (χ1n) is 8.20. The van der Waals surface area contributed by atoms with Crippen LogP contribution in [0, 0.1) is 0 Å². The van der Waals surface area contributed by atoms with E-state index in [-0.39, 0.29) is 12.2 Å². The summed E-state index contributed by atoms with van der Waals surface area (Å²) >= 11 is 5.93. The second-order valence-corrected chi connectivity index (χ2v) is 6.53. The maximum Gasteiger partial charge on any atom is 0.284 e. The maximum absolute atomic E-state index is 12.8. The summed E-state index contributed by atoms with van der Waals surface area (Å²) in [7, 11) is 1.72. The molecule has 0 unspecified atom stereocenters. The van der Waals surface area contributed by atoms with E-state index in [1.165, 1.54) is 16.9 Å². The van der Waals surface area contributed by atoms with Gasteiger partial charge in [-0.05, 0) is 25.1 Å². The van der Waals surface area contributed by atoms with Gasteiger partial charge in [0, 0.05) is 23.7 Å². The van der Waals surface area contributed by atoms with Crippen molar-refractivity contribution < 1.29 is 9.90 Å². The van der Waals surface area contributed by atoms with Gasteiger partial charge in [0.25, 0.3) is 11.5 Å². The lowest BCUT2D eigenvalue weighted by atomic mass is 10.1. The highest BCUT2D eigenvalue weighted by Crippen LogP contribution is 2.20. The van der Waals surface area contributed by atoms with Crippen LogP contribution >= 0.6 is 11.6 Å². The Bertz CT molecular complexity index is 1030. The summed E-state index contributed by atoms with van der Waals surface area (Å²) in [4.78, 5) is 25.4. The Balaban J connectivity index is 2.17. The van der Waals surface area contributed by atoms with E-state index >= 15 is 0 Å². The number of rotatable bonds is 5. The fraction of sp³-hybridized carbons (Fsp3) is 0.222. The summed E-state index contributed by atoms with van der Waals surface area (Å²) in [6.45, 7) is 1.40. The average Bonchev–Trinajstić information content (AvgIpc) is 3.08. The van der Waals surface area contributed by atoms with Gasteiger partial charge in [0.1, 0.15) is 11.3 Å². The second-order valence-electron chi connectivity index (χ2n) is 6.10. The van der Waals surface area contributed by atoms with Crippen LogP contribution in [0.3, 0.4) is 0 Å². The van der Waals surface area contributed by atoms with Gasteiger partial charge in [0.05, 0.1) is 24.7 Å². The number of aliphatic hydroxyl groups excluding tert-OH is 1. The molecular weight excluding hydrogens is 370 g/mol. The Hall–Kier alpha value is -2.97. The summed E-state index contributed by atoms with van der Waals surface area (Å²) in [5.41, 5.74) is 0.892. The standard InChI is InChI=1S/C18H18ClN5O3/c1-11(10-25)21-17(26)15-7-16(12-3-5-13(19)6-4-12)22-24(18(15)27)14-8-20-23(2)9-14/h3-9,11,25H,10H2,1-2H3,(H,21,26)/t11-/m1/s1. The number of aromatic nitrogens is 4. The highest BCUT2D eigenvalue weighted by molar-refractivity contribution is 6.30. The van der Waals surface area contributed by atoms with Gasteiger partial charge in [-0.15, -0.1) is 0 Å². The Morgan fingerprint density at radius 3 is 2.63 bits per heavy atom. The zero-order chi connectivity index (χ0) is 19.6. The van der Waals surface area contributed by atoms with E-state index in [4.69, 9.17) is 16.7 Å². The van der Waals surface area contributed by atoms with Crippen LogP contribution in [0.25, 0.3) is 16.9 Å². The summed E-state index contributed by atoms with van der Waals surface area (Å²) in [5, 5.41) is 20.7. The Labute approximate surface area is 160 Å². The quantitative estimate of drug-likeness (QED) is 0.689. The molecule has 2 aromatic heterocycles. The van der Waals surface area contributed by atoms with Crippen LogP contribution in [0.4, 0.5) is 0 Å². The van der Waals surface area contributed by atoms with E-state index in [0.29, 0.717) is 22.0 Å². The third-order valence-electron chi connectivity index (χ3n) is 3.88. The molecule has 2 heterocycles. The van der Waals surface area contributed by atoms with E-state index < -0.39 is 17.5 Å². The molecule has 0 fully saturated rings. The van der Waals surface area contributed by atoms with Gasteiger partial charge < -0.3 is 10.4 Å². The molecule has 0 saturated heterocycles. The van der Waals surface area contributed by atoms with Crippen molar-refractivity contribution in [3.8, 4) is 16.9 Å². The summed E-state index contributed by atoms with van der Waals surface area (Å²) in [6.07, 6.45) is 3.11. The predicted molar refractivity (Wildman–Crippen MR) is 101 cm³/mol. The largest absolute Gasteiger partial charge is 0.394 e. The van der Waals surface area contributed by atoms with E-state index in [2.05, 4.69) is 15.5 Å². The topological polar surface area (TPSA) is 102 Å². The van der Waals surface area contributed by atoms with E-state index in [0.717, 1.165) is 4.68 Å². The normalized spacial score (nSPS) is 12.0. The number of benzene rings is 1. The lowest BCUT2D eigenvalue weighted by Gasteiger charge is -2.13. The van der Waals surface area contributed by atoms with Crippen LogP contribution < -0.4 is 10.9 Å². The van der Waals surface area contributed by atoms with Crippen LogP contribution in [-0.4, -0.2) is 43.2 Å². The molecule has 1 atom stereocenters. The number of halogens is 1. The minimum Gasteiger partial charge on any atom is -0.394 e. The van der Waals surface area contributed by atoms with Crippen molar-refractivity contribution in [2.24, 2.45) is 7.05 Å². The highest BCUT2D eigenvalue weighted by Gasteiger charge is 2.19. The van der Waals surface area contributed by atoms with Crippen molar-refractivity contribution >= 4 is 17.5 Å². The van der Waals surface area contributed by atoms with Crippen LogP contribution in [0.15, 0.2) is 47.5 Å².